The Morgan fingerprint density at radius 3 is 3.00 bits per heavy atom. The average Bonchev–Trinajstić information content (AvgIpc) is 2.47. The Labute approximate surface area is 72.8 Å². The van der Waals surface area contributed by atoms with Crippen LogP contribution in [0.1, 0.15) is 26.1 Å². The van der Waals surface area contributed by atoms with Gasteiger partial charge in [-0.1, -0.05) is 0 Å². The van der Waals surface area contributed by atoms with Gasteiger partial charge in [-0.15, -0.1) is 10.2 Å². The topological polar surface area (TPSA) is 56.7 Å². The van der Waals surface area contributed by atoms with E-state index in [0.29, 0.717) is 0 Å². The molecule has 0 aromatic carbocycles. The van der Waals surface area contributed by atoms with Crippen LogP contribution < -0.4 is 5.73 Å². The van der Waals surface area contributed by atoms with Crippen LogP contribution in [0.4, 0.5) is 0 Å². The first kappa shape index (κ1) is 9.19. The fraction of sp³-hybridized carbons (Fsp3) is 0.750. The van der Waals surface area contributed by atoms with Gasteiger partial charge in [-0.2, -0.15) is 0 Å². The molecule has 0 aliphatic carbocycles. The molecule has 68 valence electrons. The van der Waals surface area contributed by atoms with Crippen molar-refractivity contribution in [2.45, 2.75) is 39.3 Å². The van der Waals surface area contributed by atoms with Crippen LogP contribution in [0.5, 0.6) is 0 Å². The van der Waals surface area contributed by atoms with Crippen LogP contribution in [0.2, 0.25) is 0 Å². The molecule has 1 unspecified atom stereocenters. The highest BCUT2D eigenvalue weighted by molar-refractivity contribution is 4.86. The number of hydrogen-bond acceptors (Lipinski definition) is 3. The van der Waals surface area contributed by atoms with Crippen molar-refractivity contribution in [2.75, 3.05) is 0 Å². The monoisotopic (exact) mass is 168 g/mol. The molecule has 4 heteroatoms. The summed E-state index contributed by atoms with van der Waals surface area (Å²) in [6, 6.07) is 0.243. The van der Waals surface area contributed by atoms with Crippen LogP contribution in [0.3, 0.4) is 0 Å². The highest BCUT2D eigenvalue weighted by Crippen LogP contribution is 2.00. The molecule has 12 heavy (non-hydrogen) atoms. The van der Waals surface area contributed by atoms with E-state index in [1.165, 1.54) is 0 Å². The van der Waals surface area contributed by atoms with E-state index in [1.807, 2.05) is 11.5 Å². The van der Waals surface area contributed by atoms with Crippen molar-refractivity contribution in [3.8, 4) is 0 Å². The van der Waals surface area contributed by atoms with Gasteiger partial charge in [0.05, 0.1) is 0 Å². The zero-order chi connectivity index (χ0) is 8.97. The molecule has 2 N–H and O–H groups in total. The summed E-state index contributed by atoms with van der Waals surface area (Å²) < 4.78 is 2.04. The summed E-state index contributed by atoms with van der Waals surface area (Å²) in [5.41, 5.74) is 5.64. The zero-order valence-corrected chi connectivity index (χ0v) is 7.70. The summed E-state index contributed by atoms with van der Waals surface area (Å²) in [5.74, 6) is 1.04. The lowest BCUT2D eigenvalue weighted by atomic mass is 10.2. The first-order valence-electron chi connectivity index (χ1n) is 4.36. The van der Waals surface area contributed by atoms with Crippen molar-refractivity contribution in [3.63, 3.8) is 0 Å². The summed E-state index contributed by atoms with van der Waals surface area (Å²) in [4.78, 5) is 0. The molecule has 1 aromatic rings. The van der Waals surface area contributed by atoms with E-state index in [4.69, 9.17) is 5.73 Å². The van der Waals surface area contributed by atoms with Crippen molar-refractivity contribution in [2.24, 2.45) is 5.73 Å². The highest BCUT2D eigenvalue weighted by atomic mass is 15.3. The first-order valence-corrected chi connectivity index (χ1v) is 4.36. The van der Waals surface area contributed by atoms with Gasteiger partial charge in [0.1, 0.15) is 12.2 Å². The van der Waals surface area contributed by atoms with Crippen molar-refractivity contribution in [1.82, 2.24) is 14.8 Å². The van der Waals surface area contributed by atoms with Gasteiger partial charge < -0.3 is 10.3 Å². The molecule has 4 nitrogen and oxygen atoms in total. The molecule has 0 aliphatic rings. The Kier molecular flexibility index (Phi) is 3.22. The summed E-state index contributed by atoms with van der Waals surface area (Å²) in [6.07, 6.45) is 3.65. The largest absolute Gasteiger partial charge is 0.328 e. The van der Waals surface area contributed by atoms with E-state index < -0.39 is 0 Å². The van der Waals surface area contributed by atoms with E-state index in [1.54, 1.807) is 6.33 Å². The SMILES string of the molecule is CCn1cnnc1CCC(C)N. The van der Waals surface area contributed by atoms with E-state index in [2.05, 4.69) is 17.1 Å². The van der Waals surface area contributed by atoms with Gasteiger partial charge in [-0.3, -0.25) is 0 Å². The van der Waals surface area contributed by atoms with E-state index in [0.717, 1.165) is 25.2 Å². The van der Waals surface area contributed by atoms with Crippen LogP contribution in [-0.4, -0.2) is 20.8 Å². The van der Waals surface area contributed by atoms with Crippen LogP contribution in [0, 0.1) is 0 Å². The molecule has 0 bridgehead atoms. The van der Waals surface area contributed by atoms with Gasteiger partial charge in [-0.25, -0.2) is 0 Å². The van der Waals surface area contributed by atoms with Crippen molar-refractivity contribution in [3.05, 3.63) is 12.2 Å². The lowest BCUT2D eigenvalue weighted by molar-refractivity contribution is 0.613. The van der Waals surface area contributed by atoms with Crippen LogP contribution >= 0.6 is 0 Å². The third-order valence-electron chi connectivity index (χ3n) is 1.86. The Balaban J connectivity index is 2.50. The van der Waals surface area contributed by atoms with Gasteiger partial charge in [0.25, 0.3) is 0 Å². The number of aromatic nitrogens is 3. The predicted octanol–water partition coefficient (Wildman–Crippen LogP) is 0.578. The van der Waals surface area contributed by atoms with E-state index in [-0.39, 0.29) is 6.04 Å². The van der Waals surface area contributed by atoms with Gasteiger partial charge in [-0.05, 0) is 20.3 Å². The number of nitrogens with two attached hydrogens (primary N) is 1. The molecule has 0 radical (unpaired) electrons. The summed E-state index contributed by atoms with van der Waals surface area (Å²) in [7, 11) is 0. The standard InChI is InChI=1S/C8H16N4/c1-3-12-6-10-11-8(12)5-4-7(2)9/h6-7H,3-5,9H2,1-2H3. The lowest BCUT2D eigenvalue weighted by Gasteiger charge is -2.04. The maximum Gasteiger partial charge on any atom is 0.132 e. The zero-order valence-electron chi connectivity index (χ0n) is 7.70. The minimum atomic E-state index is 0.243. The molecule has 1 rings (SSSR count). The number of nitrogens with zero attached hydrogens (tertiary/aromatic N) is 3. The maximum atomic E-state index is 5.64. The molecule has 1 heterocycles. The molecule has 0 spiro atoms. The molecule has 0 amide bonds. The van der Waals surface area contributed by atoms with E-state index in [9.17, 15) is 0 Å². The normalized spacial score (nSPS) is 13.2. The molecule has 0 aliphatic heterocycles. The predicted molar refractivity (Wildman–Crippen MR) is 47.7 cm³/mol. The molecule has 1 aromatic heterocycles. The Morgan fingerprint density at radius 1 is 1.67 bits per heavy atom. The van der Waals surface area contributed by atoms with E-state index >= 15 is 0 Å². The Hall–Kier alpha value is -0.900. The number of aryl methyl sites for hydroxylation is 2. The van der Waals surface area contributed by atoms with Crippen LogP contribution in [0.15, 0.2) is 6.33 Å². The Bertz CT molecular complexity index is 229. The summed E-state index contributed by atoms with van der Waals surface area (Å²) >= 11 is 0. The molecule has 0 saturated carbocycles. The summed E-state index contributed by atoms with van der Waals surface area (Å²) in [5, 5.41) is 7.86. The molecule has 0 saturated heterocycles. The molecular weight excluding hydrogens is 152 g/mol. The third-order valence-corrected chi connectivity index (χ3v) is 1.86. The van der Waals surface area contributed by atoms with Crippen molar-refractivity contribution >= 4 is 0 Å². The molecule has 1 atom stereocenters. The maximum absolute atomic E-state index is 5.64. The van der Waals surface area contributed by atoms with Crippen molar-refractivity contribution in [1.29, 1.82) is 0 Å². The molecule has 0 fully saturated rings. The van der Waals surface area contributed by atoms with Gasteiger partial charge in [0, 0.05) is 19.0 Å². The van der Waals surface area contributed by atoms with Gasteiger partial charge in [0.15, 0.2) is 0 Å². The first-order chi connectivity index (χ1) is 5.74. The van der Waals surface area contributed by atoms with Crippen LogP contribution in [0.25, 0.3) is 0 Å². The second-order valence-corrected chi connectivity index (χ2v) is 3.05. The Morgan fingerprint density at radius 2 is 2.42 bits per heavy atom. The number of rotatable bonds is 4. The smallest absolute Gasteiger partial charge is 0.132 e. The minimum Gasteiger partial charge on any atom is -0.328 e. The number of hydrogen-bond donors (Lipinski definition) is 1. The quantitative estimate of drug-likeness (QED) is 0.715. The van der Waals surface area contributed by atoms with Crippen molar-refractivity contribution < 1.29 is 0 Å². The lowest BCUT2D eigenvalue weighted by Crippen LogP contribution is -2.16. The molecular formula is C8H16N4. The highest BCUT2D eigenvalue weighted by Gasteiger charge is 2.03. The fourth-order valence-electron chi connectivity index (χ4n) is 1.09. The van der Waals surface area contributed by atoms with Gasteiger partial charge in [0.2, 0.25) is 0 Å². The van der Waals surface area contributed by atoms with Crippen LogP contribution in [-0.2, 0) is 13.0 Å². The summed E-state index contributed by atoms with van der Waals surface area (Å²) in [6.45, 7) is 5.02. The second kappa shape index (κ2) is 4.21. The second-order valence-electron chi connectivity index (χ2n) is 3.05. The average molecular weight is 168 g/mol. The third kappa shape index (κ3) is 2.30. The van der Waals surface area contributed by atoms with Gasteiger partial charge >= 0.3 is 0 Å². The minimum absolute atomic E-state index is 0.243. The fourth-order valence-corrected chi connectivity index (χ4v) is 1.09.